The number of aliphatic hydroxyl groups excluding tert-OH is 1. The lowest BCUT2D eigenvalue weighted by atomic mass is 9.96. The van der Waals surface area contributed by atoms with Gasteiger partial charge in [-0.25, -0.2) is 9.37 Å². The number of carbonyl (C=O) groups excluding carboxylic acids is 1. The zero-order valence-electron chi connectivity index (χ0n) is 20.0. The van der Waals surface area contributed by atoms with Crippen LogP contribution in [0.2, 0.25) is 5.02 Å². The van der Waals surface area contributed by atoms with E-state index in [1.54, 1.807) is 31.8 Å². The van der Waals surface area contributed by atoms with Crippen LogP contribution in [0.1, 0.15) is 32.3 Å². The fourth-order valence-corrected chi connectivity index (χ4v) is 4.05. The number of methoxy groups -OCH3 is 1. The maximum absolute atomic E-state index is 15.2. The number of hydrogen-bond acceptors (Lipinski definition) is 7. The molecular weight excluding hydrogens is 463 g/mol. The van der Waals surface area contributed by atoms with Gasteiger partial charge in [0.2, 0.25) is 6.41 Å². The summed E-state index contributed by atoms with van der Waals surface area (Å²) in [5, 5.41) is 20.5. The number of aromatic nitrogens is 3. The Morgan fingerprint density at radius 3 is 2.62 bits per heavy atom. The fraction of sp³-hybridized carbons (Fsp3) is 0.391. The SMILES string of the molecule is CCN(C=O)/C(CO)=N\N(C)c1cc2c(C(C)C)cc(-c3c(Cl)c(OC)nn3C)nc2cc1F. The highest BCUT2D eigenvalue weighted by Gasteiger charge is 2.22. The highest BCUT2D eigenvalue weighted by atomic mass is 35.5. The monoisotopic (exact) mass is 490 g/mol. The number of likely N-dealkylation sites (N-methyl/N-ethyl adjacent to an activating group) is 1. The van der Waals surface area contributed by atoms with Gasteiger partial charge in [-0.15, -0.1) is 5.10 Å². The van der Waals surface area contributed by atoms with Crippen molar-refractivity contribution in [3.63, 3.8) is 0 Å². The van der Waals surface area contributed by atoms with Gasteiger partial charge < -0.3 is 9.84 Å². The number of anilines is 1. The summed E-state index contributed by atoms with van der Waals surface area (Å²) in [6, 6.07) is 4.91. The van der Waals surface area contributed by atoms with Crippen molar-refractivity contribution >= 4 is 40.4 Å². The first-order valence-corrected chi connectivity index (χ1v) is 11.1. The zero-order valence-corrected chi connectivity index (χ0v) is 20.8. The second kappa shape index (κ2) is 10.4. The van der Waals surface area contributed by atoms with Gasteiger partial charge in [-0.1, -0.05) is 25.4 Å². The Morgan fingerprint density at radius 2 is 2.09 bits per heavy atom. The van der Waals surface area contributed by atoms with E-state index in [4.69, 9.17) is 16.3 Å². The molecule has 1 N–H and O–H groups in total. The van der Waals surface area contributed by atoms with Gasteiger partial charge in [0.25, 0.3) is 5.88 Å². The van der Waals surface area contributed by atoms with Gasteiger partial charge in [-0.05, 0) is 30.5 Å². The van der Waals surface area contributed by atoms with E-state index >= 15 is 4.39 Å². The number of fused-ring (bicyclic) bond motifs is 1. The molecule has 3 aromatic rings. The normalized spacial score (nSPS) is 11.9. The van der Waals surface area contributed by atoms with Crippen LogP contribution >= 0.6 is 11.6 Å². The fourth-order valence-electron chi connectivity index (χ4n) is 3.72. The van der Waals surface area contributed by atoms with Gasteiger partial charge in [0, 0.05) is 32.1 Å². The molecule has 0 spiro atoms. The number of nitrogens with zero attached hydrogens (tertiary/aromatic N) is 6. The molecule has 9 nitrogen and oxygen atoms in total. The average molecular weight is 491 g/mol. The van der Waals surface area contributed by atoms with Crippen LogP contribution in [-0.2, 0) is 11.8 Å². The maximum atomic E-state index is 15.2. The highest BCUT2D eigenvalue weighted by Crippen LogP contribution is 2.38. The van der Waals surface area contributed by atoms with Gasteiger partial charge in [0.15, 0.2) is 11.7 Å². The number of amidine groups is 1. The summed E-state index contributed by atoms with van der Waals surface area (Å²) in [6.07, 6.45) is 0.570. The number of pyridine rings is 1. The number of hydrogen-bond donors (Lipinski definition) is 1. The molecule has 0 aliphatic heterocycles. The molecule has 0 unspecified atom stereocenters. The first-order chi connectivity index (χ1) is 16.2. The van der Waals surface area contributed by atoms with Crippen molar-refractivity contribution in [3.05, 3.63) is 34.6 Å². The number of rotatable bonds is 8. The molecule has 0 radical (unpaired) electrons. The summed E-state index contributed by atoms with van der Waals surface area (Å²) in [4.78, 5) is 17.1. The predicted octanol–water partition coefficient (Wildman–Crippen LogP) is 3.78. The molecular formula is C23H28ClFN6O3. The van der Waals surface area contributed by atoms with Crippen molar-refractivity contribution in [1.29, 1.82) is 0 Å². The number of ether oxygens (including phenoxy) is 1. The molecule has 0 aliphatic carbocycles. The Morgan fingerprint density at radius 1 is 1.38 bits per heavy atom. The number of benzene rings is 1. The molecule has 0 atom stereocenters. The quantitative estimate of drug-likeness (QED) is 0.223. The van der Waals surface area contributed by atoms with E-state index in [1.165, 1.54) is 23.1 Å². The number of carbonyl (C=O) groups is 1. The Kier molecular flexibility index (Phi) is 7.73. The molecule has 3 rings (SSSR count). The van der Waals surface area contributed by atoms with E-state index in [0.29, 0.717) is 34.9 Å². The first kappa shape index (κ1) is 25.4. The molecule has 0 fully saturated rings. The zero-order chi connectivity index (χ0) is 25.2. The average Bonchev–Trinajstić information content (AvgIpc) is 3.10. The molecule has 1 amide bonds. The van der Waals surface area contributed by atoms with Crippen LogP contribution < -0.4 is 9.75 Å². The third kappa shape index (κ3) is 4.69. The Bertz CT molecular complexity index is 1240. The number of amides is 1. The highest BCUT2D eigenvalue weighted by molar-refractivity contribution is 6.34. The van der Waals surface area contributed by atoms with Crippen LogP contribution in [0.15, 0.2) is 23.3 Å². The minimum atomic E-state index is -0.557. The van der Waals surface area contributed by atoms with Crippen molar-refractivity contribution in [2.45, 2.75) is 26.7 Å². The summed E-state index contributed by atoms with van der Waals surface area (Å²) in [5.41, 5.74) is 2.67. The van der Waals surface area contributed by atoms with Gasteiger partial charge in [0.1, 0.15) is 17.3 Å². The van der Waals surface area contributed by atoms with E-state index in [-0.39, 0.29) is 23.3 Å². The molecule has 2 aromatic heterocycles. The van der Waals surface area contributed by atoms with Gasteiger partial charge in [0.05, 0.1) is 24.0 Å². The summed E-state index contributed by atoms with van der Waals surface area (Å²) in [6.45, 7) is 5.66. The second-order valence-electron chi connectivity index (χ2n) is 7.96. The minimum Gasteiger partial charge on any atom is -0.479 e. The van der Waals surface area contributed by atoms with Crippen LogP contribution in [0, 0.1) is 5.82 Å². The van der Waals surface area contributed by atoms with E-state index in [1.807, 2.05) is 19.9 Å². The van der Waals surface area contributed by atoms with Crippen molar-refractivity contribution in [1.82, 2.24) is 19.7 Å². The van der Waals surface area contributed by atoms with Gasteiger partial charge >= 0.3 is 0 Å². The van der Waals surface area contributed by atoms with Crippen LogP contribution in [-0.4, -0.2) is 64.3 Å². The lowest BCUT2D eigenvalue weighted by Crippen LogP contribution is -2.34. The molecule has 0 saturated heterocycles. The largest absolute Gasteiger partial charge is 0.479 e. The van der Waals surface area contributed by atoms with Crippen LogP contribution in [0.4, 0.5) is 10.1 Å². The van der Waals surface area contributed by atoms with E-state index < -0.39 is 12.4 Å². The summed E-state index contributed by atoms with van der Waals surface area (Å²) >= 11 is 6.46. The molecule has 0 aliphatic rings. The van der Waals surface area contributed by atoms with Crippen LogP contribution in [0.25, 0.3) is 22.3 Å². The lowest BCUT2D eigenvalue weighted by Gasteiger charge is -2.21. The number of halogens is 2. The molecule has 182 valence electrons. The number of hydrazone groups is 1. The third-order valence-electron chi connectivity index (χ3n) is 5.48. The molecule has 0 bridgehead atoms. The standard InChI is InChI=1S/C23H28ClFN6O3/c1-7-31(12-33)20(11-32)27-29(4)19-9-15-14(13(2)3)8-18(26-17(15)10-16(19)25)22-21(24)23(34-6)28-30(22)5/h8-10,12-13,32H,7,11H2,1-6H3/b27-20-. The lowest BCUT2D eigenvalue weighted by molar-refractivity contribution is -0.114. The number of aliphatic hydroxyl groups is 1. The molecule has 11 heteroatoms. The Hall–Kier alpha value is -3.24. The first-order valence-electron chi connectivity index (χ1n) is 10.7. The summed E-state index contributed by atoms with van der Waals surface area (Å²) in [5.74, 6) is -0.0803. The maximum Gasteiger partial charge on any atom is 0.252 e. The van der Waals surface area contributed by atoms with Crippen LogP contribution in [0.5, 0.6) is 5.88 Å². The second-order valence-corrected chi connectivity index (χ2v) is 8.34. The summed E-state index contributed by atoms with van der Waals surface area (Å²) < 4.78 is 22.0. The molecule has 34 heavy (non-hydrogen) atoms. The molecule has 2 heterocycles. The van der Waals surface area contributed by atoms with Gasteiger partial charge in [-0.2, -0.15) is 5.10 Å². The molecule has 1 aromatic carbocycles. The Labute approximate surface area is 202 Å². The minimum absolute atomic E-state index is 0.0870. The number of aryl methyl sites for hydroxylation is 1. The Balaban J connectivity index is 2.19. The third-order valence-corrected chi connectivity index (χ3v) is 5.82. The predicted molar refractivity (Wildman–Crippen MR) is 131 cm³/mol. The summed E-state index contributed by atoms with van der Waals surface area (Å²) in [7, 11) is 4.77. The molecule has 0 saturated carbocycles. The van der Waals surface area contributed by atoms with E-state index in [2.05, 4.69) is 15.2 Å². The van der Waals surface area contributed by atoms with Crippen molar-refractivity contribution in [2.24, 2.45) is 12.1 Å². The smallest absolute Gasteiger partial charge is 0.252 e. The topological polar surface area (TPSA) is 96.1 Å². The van der Waals surface area contributed by atoms with E-state index in [9.17, 15) is 9.90 Å². The van der Waals surface area contributed by atoms with Crippen molar-refractivity contribution < 1.29 is 19.0 Å². The van der Waals surface area contributed by atoms with Crippen LogP contribution in [0.3, 0.4) is 0 Å². The van der Waals surface area contributed by atoms with Crippen molar-refractivity contribution in [3.8, 4) is 17.3 Å². The van der Waals surface area contributed by atoms with E-state index in [0.717, 1.165) is 10.9 Å². The van der Waals surface area contributed by atoms with Gasteiger partial charge in [-0.3, -0.25) is 19.4 Å². The van der Waals surface area contributed by atoms with Crippen molar-refractivity contribution in [2.75, 3.05) is 32.3 Å².